The molecule has 2 aliphatic rings. The van der Waals surface area contributed by atoms with E-state index in [1.807, 2.05) is 0 Å². The fourth-order valence-electron chi connectivity index (χ4n) is 3.80. The van der Waals surface area contributed by atoms with Crippen LogP contribution in [-0.4, -0.2) is 37.0 Å². The van der Waals surface area contributed by atoms with E-state index in [1.165, 1.54) is 44.5 Å². The van der Waals surface area contributed by atoms with Gasteiger partial charge >= 0.3 is 0 Å². The van der Waals surface area contributed by atoms with E-state index < -0.39 is 5.41 Å². The Balaban J connectivity index is 1.49. The number of carbonyl (C=O) groups excluding carboxylic acids is 1. The van der Waals surface area contributed by atoms with Crippen molar-refractivity contribution in [1.82, 2.24) is 10.2 Å². The van der Waals surface area contributed by atoms with Crippen molar-refractivity contribution in [2.24, 2.45) is 0 Å². The minimum Gasteiger partial charge on any atom is -0.355 e. The highest BCUT2D eigenvalue weighted by Gasteiger charge is 2.45. The molecule has 1 aromatic rings. The number of hydrogen-bond donors (Lipinski definition) is 1. The first kappa shape index (κ1) is 16.4. The molecule has 1 aliphatic carbocycles. The van der Waals surface area contributed by atoms with Gasteiger partial charge in [0.15, 0.2) is 0 Å². The SMILES string of the molecule is O=C(NCCCN1CCCCC1)C1(c2ccc(F)cc2)CCC1. The van der Waals surface area contributed by atoms with Crippen LogP contribution in [0.4, 0.5) is 4.39 Å². The van der Waals surface area contributed by atoms with Gasteiger partial charge in [-0.1, -0.05) is 25.0 Å². The molecule has 0 unspecified atom stereocenters. The molecule has 3 rings (SSSR count). The van der Waals surface area contributed by atoms with Crippen LogP contribution in [0.15, 0.2) is 24.3 Å². The average molecular weight is 318 g/mol. The molecule has 0 spiro atoms. The van der Waals surface area contributed by atoms with Crippen LogP contribution in [0.1, 0.15) is 50.5 Å². The average Bonchev–Trinajstić information content (AvgIpc) is 2.53. The van der Waals surface area contributed by atoms with Crippen LogP contribution in [0.5, 0.6) is 0 Å². The maximum atomic E-state index is 13.1. The number of benzene rings is 1. The van der Waals surface area contributed by atoms with Gasteiger partial charge in [0.2, 0.25) is 5.91 Å². The molecular formula is C19H27FN2O. The first-order valence-electron chi connectivity index (χ1n) is 8.97. The van der Waals surface area contributed by atoms with E-state index in [4.69, 9.17) is 0 Å². The molecule has 1 saturated heterocycles. The van der Waals surface area contributed by atoms with Crippen LogP contribution >= 0.6 is 0 Å². The Labute approximate surface area is 138 Å². The van der Waals surface area contributed by atoms with E-state index in [-0.39, 0.29) is 11.7 Å². The van der Waals surface area contributed by atoms with Gasteiger partial charge in [0.25, 0.3) is 0 Å². The summed E-state index contributed by atoms with van der Waals surface area (Å²) in [5, 5.41) is 3.12. The summed E-state index contributed by atoms with van der Waals surface area (Å²) in [6.45, 7) is 4.21. The van der Waals surface area contributed by atoms with Gasteiger partial charge in [-0.15, -0.1) is 0 Å². The molecule has 1 amide bonds. The Morgan fingerprint density at radius 2 is 1.78 bits per heavy atom. The van der Waals surface area contributed by atoms with E-state index in [0.717, 1.165) is 44.3 Å². The molecule has 1 heterocycles. The summed E-state index contributed by atoms with van der Waals surface area (Å²) in [5.74, 6) is -0.126. The highest BCUT2D eigenvalue weighted by Crippen LogP contribution is 2.43. The maximum absolute atomic E-state index is 13.1. The molecule has 1 saturated carbocycles. The summed E-state index contributed by atoms with van der Waals surface area (Å²) < 4.78 is 13.1. The smallest absolute Gasteiger partial charge is 0.230 e. The second-order valence-corrected chi connectivity index (χ2v) is 6.95. The summed E-state index contributed by atoms with van der Waals surface area (Å²) in [6.07, 6.45) is 7.78. The lowest BCUT2D eigenvalue weighted by Gasteiger charge is -2.40. The number of amides is 1. The molecule has 0 radical (unpaired) electrons. The van der Waals surface area contributed by atoms with Crippen molar-refractivity contribution in [2.45, 2.75) is 50.4 Å². The number of rotatable bonds is 6. The van der Waals surface area contributed by atoms with Gasteiger partial charge in [-0.25, -0.2) is 4.39 Å². The minimum absolute atomic E-state index is 0.119. The lowest BCUT2D eigenvalue weighted by molar-refractivity contribution is -0.129. The lowest BCUT2D eigenvalue weighted by Crippen LogP contribution is -2.49. The fourth-order valence-corrected chi connectivity index (χ4v) is 3.80. The second-order valence-electron chi connectivity index (χ2n) is 6.95. The van der Waals surface area contributed by atoms with Crippen molar-refractivity contribution in [3.05, 3.63) is 35.6 Å². The Morgan fingerprint density at radius 3 is 2.39 bits per heavy atom. The molecule has 1 aliphatic heterocycles. The van der Waals surface area contributed by atoms with Crippen LogP contribution < -0.4 is 5.32 Å². The highest BCUT2D eigenvalue weighted by atomic mass is 19.1. The van der Waals surface area contributed by atoms with Gasteiger partial charge in [0.1, 0.15) is 5.82 Å². The third-order valence-electron chi connectivity index (χ3n) is 5.42. The normalized spacial score (nSPS) is 20.7. The molecule has 126 valence electrons. The fraction of sp³-hybridized carbons (Fsp3) is 0.632. The zero-order valence-corrected chi connectivity index (χ0v) is 13.8. The Bertz CT molecular complexity index is 519. The predicted octanol–water partition coefficient (Wildman–Crippen LogP) is 3.24. The number of piperidine rings is 1. The van der Waals surface area contributed by atoms with Crippen molar-refractivity contribution in [3.63, 3.8) is 0 Å². The summed E-state index contributed by atoms with van der Waals surface area (Å²) in [6, 6.07) is 6.45. The molecule has 1 N–H and O–H groups in total. The molecule has 3 nitrogen and oxygen atoms in total. The number of nitrogens with one attached hydrogen (secondary N) is 1. The van der Waals surface area contributed by atoms with E-state index in [9.17, 15) is 9.18 Å². The summed E-state index contributed by atoms with van der Waals surface area (Å²) in [5.41, 5.74) is 0.539. The Hall–Kier alpha value is -1.42. The third-order valence-corrected chi connectivity index (χ3v) is 5.42. The molecule has 1 aromatic carbocycles. The molecule has 23 heavy (non-hydrogen) atoms. The molecule has 0 atom stereocenters. The van der Waals surface area contributed by atoms with Crippen molar-refractivity contribution >= 4 is 5.91 Å². The second kappa shape index (κ2) is 7.43. The van der Waals surface area contributed by atoms with Crippen molar-refractivity contribution in [2.75, 3.05) is 26.2 Å². The zero-order chi connectivity index (χ0) is 16.1. The Kier molecular flexibility index (Phi) is 5.31. The monoisotopic (exact) mass is 318 g/mol. The largest absolute Gasteiger partial charge is 0.355 e. The minimum atomic E-state index is -0.418. The third kappa shape index (κ3) is 3.74. The number of carbonyl (C=O) groups is 1. The molecule has 0 aromatic heterocycles. The van der Waals surface area contributed by atoms with E-state index in [0.29, 0.717) is 0 Å². The maximum Gasteiger partial charge on any atom is 0.230 e. The van der Waals surface area contributed by atoms with E-state index >= 15 is 0 Å². The topological polar surface area (TPSA) is 32.3 Å². The van der Waals surface area contributed by atoms with Gasteiger partial charge in [-0.2, -0.15) is 0 Å². The molecule has 4 heteroatoms. The van der Waals surface area contributed by atoms with Crippen LogP contribution in [0.3, 0.4) is 0 Å². The van der Waals surface area contributed by atoms with Gasteiger partial charge in [0.05, 0.1) is 5.41 Å². The van der Waals surface area contributed by atoms with Crippen LogP contribution in [0, 0.1) is 5.82 Å². The quantitative estimate of drug-likeness (QED) is 0.817. The van der Waals surface area contributed by atoms with Gasteiger partial charge in [-0.05, 0) is 69.4 Å². The summed E-state index contributed by atoms with van der Waals surface area (Å²) in [7, 11) is 0. The van der Waals surface area contributed by atoms with Crippen LogP contribution in [0.2, 0.25) is 0 Å². The molecular weight excluding hydrogens is 291 g/mol. The lowest BCUT2D eigenvalue weighted by atomic mass is 9.64. The highest BCUT2D eigenvalue weighted by molar-refractivity contribution is 5.89. The number of hydrogen-bond acceptors (Lipinski definition) is 2. The molecule has 2 fully saturated rings. The van der Waals surface area contributed by atoms with Crippen molar-refractivity contribution in [3.8, 4) is 0 Å². The first-order valence-corrected chi connectivity index (χ1v) is 8.97. The predicted molar refractivity (Wildman–Crippen MR) is 89.8 cm³/mol. The summed E-state index contributed by atoms with van der Waals surface area (Å²) in [4.78, 5) is 15.2. The van der Waals surface area contributed by atoms with Crippen molar-refractivity contribution < 1.29 is 9.18 Å². The molecule has 0 bridgehead atoms. The zero-order valence-electron chi connectivity index (χ0n) is 13.8. The number of likely N-dealkylation sites (tertiary alicyclic amines) is 1. The van der Waals surface area contributed by atoms with Crippen LogP contribution in [0.25, 0.3) is 0 Å². The van der Waals surface area contributed by atoms with E-state index in [1.54, 1.807) is 12.1 Å². The first-order chi connectivity index (χ1) is 11.2. The van der Waals surface area contributed by atoms with Crippen LogP contribution in [-0.2, 0) is 10.2 Å². The number of nitrogens with zero attached hydrogens (tertiary/aromatic N) is 1. The van der Waals surface area contributed by atoms with Gasteiger partial charge < -0.3 is 10.2 Å². The standard InChI is InChI=1S/C19H27FN2O/c20-17-8-6-16(7-9-17)19(10-4-11-19)18(23)21-12-5-15-22-13-2-1-3-14-22/h6-9H,1-5,10-15H2,(H,21,23). The number of halogens is 1. The van der Waals surface area contributed by atoms with Crippen molar-refractivity contribution in [1.29, 1.82) is 0 Å². The van der Waals surface area contributed by atoms with Gasteiger partial charge in [-0.3, -0.25) is 4.79 Å². The van der Waals surface area contributed by atoms with Gasteiger partial charge in [0, 0.05) is 6.54 Å². The Morgan fingerprint density at radius 1 is 1.09 bits per heavy atom. The summed E-state index contributed by atoms with van der Waals surface area (Å²) >= 11 is 0. The van der Waals surface area contributed by atoms with E-state index in [2.05, 4.69) is 10.2 Å².